The zero-order valence-corrected chi connectivity index (χ0v) is 29.0. The van der Waals surface area contributed by atoms with Gasteiger partial charge >= 0.3 is 0 Å². The van der Waals surface area contributed by atoms with E-state index in [4.69, 9.17) is 9.47 Å². The number of aliphatic hydroxyl groups is 2. The highest BCUT2D eigenvalue weighted by Gasteiger charge is 2.75. The Labute approximate surface area is 267 Å². The molecule has 242 valence electrons. The maximum Gasteiger partial charge on any atom is 0.121 e. The quantitative estimate of drug-likeness (QED) is 0.141. The average molecular weight is 603 g/mol. The molecule has 6 atom stereocenters. The summed E-state index contributed by atoms with van der Waals surface area (Å²) in [5.74, 6) is 0. The summed E-state index contributed by atoms with van der Waals surface area (Å²) in [6.45, 7) is 21.6. The Bertz CT molecular complexity index is 1230. The molecule has 0 unspecified atom stereocenters. The third-order valence-corrected chi connectivity index (χ3v) is 10.7. The smallest absolute Gasteiger partial charge is 0.121 e. The first-order valence-electron chi connectivity index (χ1n) is 16.6. The lowest BCUT2D eigenvalue weighted by Gasteiger charge is -2.39. The van der Waals surface area contributed by atoms with Crippen LogP contribution in [0.4, 0.5) is 0 Å². The second-order valence-corrected chi connectivity index (χ2v) is 15.7. The zero-order valence-electron chi connectivity index (χ0n) is 29.0. The fraction of sp³-hybridized carbons (Fsp3) is 0.600. The topological polar surface area (TPSA) is 65.5 Å². The molecule has 4 rings (SSSR count). The lowest BCUT2D eigenvalue weighted by atomic mass is 9.63. The minimum Gasteiger partial charge on any atom is -0.393 e. The van der Waals surface area contributed by atoms with Crippen LogP contribution in [-0.4, -0.2) is 44.8 Å². The van der Waals surface area contributed by atoms with E-state index >= 15 is 0 Å². The van der Waals surface area contributed by atoms with Crippen LogP contribution in [0.15, 0.2) is 95.2 Å². The SMILES string of the molecule is CC(=C/CC/C=C(C)/C=C\C=C(C)\C=C\[C@@]12O[C@]1(C)C[C@@H](O)CC2(C)C)/C=C/C=C(C)/C=C/[C@@]12O[C@]1(C)C[C@@H](O)CC2(C)C. The third-order valence-electron chi connectivity index (χ3n) is 10.7. The van der Waals surface area contributed by atoms with Crippen LogP contribution in [0.5, 0.6) is 0 Å². The molecule has 0 aromatic carbocycles. The molecule has 4 heteroatoms. The van der Waals surface area contributed by atoms with Gasteiger partial charge in [-0.3, -0.25) is 0 Å². The van der Waals surface area contributed by atoms with E-state index in [-0.39, 0.29) is 45.4 Å². The van der Waals surface area contributed by atoms with E-state index < -0.39 is 0 Å². The summed E-state index contributed by atoms with van der Waals surface area (Å²) in [4.78, 5) is 0. The average Bonchev–Trinajstić information content (AvgIpc) is 3.73. The van der Waals surface area contributed by atoms with E-state index in [1.807, 2.05) is 0 Å². The summed E-state index contributed by atoms with van der Waals surface area (Å²) in [6.07, 6.45) is 30.6. The number of fused-ring (bicyclic) bond motifs is 2. The van der Waals surface area contributed by atoms with Crippen LogP contribution in [0.1, 0.15) is 108 Å². The van der Waals surface area contributed by atoms with E-state index in [0.717, 1.165) is 25.7 Å². The Kier molecular flexibility index (Phi) is 9.85. The summed E-state index contributed by atoms with van der Waals surface area (Å²) in [5, 5.41) is 20.5. The molecule has 0 amide bonds. The van der Waals surface area contributed by atoms with Gasteiger partial charge in [0.1, 0.15) is 22.4 Å². The Morgan fingerprint density at radius 1 is 0.568 bits per heavy atom. The first-order chi connectivity index (χ1) is 20.4. The van der Waals surface area contributed by atoms with Crippen LogP contribution in [0.3, 0.4) is 0 Å². The lowest BCUT2D eigenvalue weighted by molar-refractivity contribution is 0.0510. The van der Waals surface area contributed by atoms with Gasteiger partial charge in [0.25, 0.3) is 0 Å². The number of hydrogen-bond donors (Lipinski definition) is 2. The van der Waals surface area contributed by atoms with Crippen molar-refractivity contribution in [2.75, 3.05) is 0 Å². The van der Waals surface area contributed by atoms with E-state index in [9.17, 15) is 10.2 Å². The van der Waals surface area contributed by atoms with Gasteiger partial charge in [0, 0.05) is 23.7 Å². The number of ether oxygens (including phenoxy) is 2. The van der Waals surface area contributed by atoms with Crippen molar-refractivity contribution in [2.24, 2.45) is 10.8 Å². The molecule has 0 aromatic heterocycles. The van der Waals surface area contributed by atoms with Crippen molar-refractivity contribution < 1.29 is 19.7 Å². The predicted molar refractivity (Wildman–Crippen MR) is 183 cm³/mol. The molecular weight excluding hydrogens is 544 g/mol. The number of hydrogen-bond acceptors (Lipinski definition) is 4. The summed E-state index contributed by atoms with van der Waals surface area (Å²) in [7, 11) is 0. The lowest BCUT2D eigenvalue weighted by Crippen LogP contribution is -2.46. The molecule has 2 saturated heterocycles. The first kappa shape index (κ1) is 34.6. The van der Waals surface area contributed by atoms with Crippen LogP contribution in [0.2, 0.25) is 0 Å². The van der Waals surface area contributed by atoms with Gasteiger partial charge in [-0.05, 0) is 79.4 Å². The highest BCUT2D eigenvalue weighted by molar-refractivity contribution is 5.37. The van der Waals surface area contributed by atoms with Crippen LogP contribution < -0.4 is 0 Å². The normalized spacial score (nSPS) is 39.0. The van der Waals surface area contributed by atoms with Gasteiger partial charge in [-0.1, -0.05) is 111 Å². The highest BCUT2D eigenvalue weighted by atomic mass is 16.6. The molecule has 0 bridgehead atoms. The molecule has 4 nitrogen and oxygen atoms in total. The number of aliphatic hydroxyl groups excluding tert-OH is 2. The fourth-order valence-electron chi connectivity index (χ4n) is 8.22. The molecule has 0 radical (unpaired) electrons. The molecule has 0 aromatic rings. The highest BCUT2D eigenvalue weighted by Crippen LogP contribution is 2.67. The van der Waals surface area contributed by atoms with E-state index in [1.165, 1.54) is 22.3 Å². The van der Waals surface area contributed by atoms with Crippen molar-refractivity contribution in [3.63, 3.8) is 0 Å². The molecule has 44 heavy (non-hydrogen) atoms. The molecule has 2 aliphatic heterocycles. The number of unbranched alkanes of at least 4 members (excludes halogenated alkanes) is 1. The minimum atomic E-state index is -0.286. The second kappa shape index (κ2) is 12.5. The molecule has 2 saturated carbocycles. The van der Waals surface area contributed by atoms with Crippen molar-refractivity contribution in [2.45, 2.75) is 142 Å². The van der Waals surface area contributed by atoms with Crippen LogP contribution in [0.25, 0.3) is 0 Å². The van der Waals surface area contributed by atoms with Crippen molar-refractivity contribution >= 4 is 0 Å². The summed E-state index contributed by atoms with van der Waals surface area (Å²) in [6, 6.07) is 0. The van der Waals surface area contributed by atoms with Crippen molar-refractivity contribution in [3.05, 3.63) is 95.2 Å². The molecule has 2 aliphatic carbocycles. The minimum absolute atomic E-state index is 0.0893. The number of rotatable bonds is 11. The van der Waals surface area contributed by atoms with Gasteiger partial charge < -0.3 is 19.7 Å². The summed E-state index contributed by atoms with van der Waals surface area (Å²) >= 11 is 0. The Morgan fingerprint density at radius 2 is 0.932 bits per heavy atom. The largest absolute Gasteiger partial charge is 0.393 e. The van der Waals surface area contributed by atoms with Crippen LogP contribution in [-0.2, 0) is 9.47 Å². The van der Waals surface area contributed by atoms with Crippen molar-refractivity contribution in [1.29, 1.82) is 0 Å². The van der Waals surface area contributed by atoms with Gasteiger partial charge in [-0.2, -0.15) is 0 Å². The van der Waals surface area contributed by atoms with Gasteiger partial charge in [-0.15, -0.1) is 0 Å². The van der Waals surface area contributed by atoms with E-state index in [2.05, 4.69) is 142 Å². The standard InChI is InChI=1S/C40H58O4/c1-29(17-13-19-31(3)21-23-39-35(5,6)25-33(41)27-37(39,9)43-39)15-11-12-16-30(2)18-14-20-32(4)22-24-40-36(7,8)26-34(42)28-38(40,10)44-40/h13-24,33-34,41-42H,11-12,25-28H2,1-10H3/b17-13-,18-14+,23-21+,24-22+,29-15+,30-16-,31-19+,32-20+/t33-,34-,37+,38+,39-,40-/m0/s1. The van der Waals surface area contributed by atoms with E-state index in [0.29, 0.717) is 12.8 Å². The van der Waals surface area contributed by atoms with Gasteiger partial charge in [0.15, 0.2) is 0 Å². The second-order valence-electron chi connectivity index (χ2n) is 15.7. The van der Waals surface area contributed by atoms with Crippen LogP contribution >= 0.6 is 0 Å². The number of epoxide rings is 2. The molecule has 2 heterocycles. The Morgan fingerprint density at radius 3 is 1.27 bits per heavy atom. The predicted octanol–water partition coefficient (Wildman–Crippen LogP) is 9.19. The maximum atomic E-state index is 10.3. The Hall–Kier alpha value is -2.24. The van der Waals surface area contributed by atoms with Crippen molar-refractivity contribution in [1.82, 2.24) is 0 Å². The third kappa shape index (κ3) is 6.94. The number of allylic oxidation sites excluding steroid dienone is 14. The van der Waals surface area contributed by atoms with E-state index in [1.54, 1.807) is 0 Å². The summed E-state index contributed by atoms with van der Waals surface area (Å²) in [5.41, 5.74) is 3.62. The summed E-state index contributed by atoms with van der Waals surface area (Å²) < 4.78 is 12.5. The molecule has 2 N–H and O–H groups in total. The molecule has 4 aliphatic rings. The van der Waals surface area contributed by atoms with Crippen molar-refractivity contribution in [3.8, 4) is 0 Å². The first-order valence-corrected chi connectivity index (χ1v) is 16.6. The van der Waals surface area contributed by atoms with Gasteiger partial charge in [0.05, 0.1) is 12.2 Å². The fourth-order valence-corrected chi connectivity index (χ4v) is 8.22. The molecule has 4 fully saturated rings. The zero-order chi connectivity index (χ0) is 32.6. The van der Waals surface area contributed by atoms with Crippen LogP contribution in [0, 0.1) is 10.8 Å². The maximum absolute atomic E-state index is 10.3. The Balaban J connectivity index is 1.22. The van der Waals surface area contributed by atoms with Gasteiger partial charge in [-0.25, -0.2) is 0 Å². The molecular formula is C40H58O4. The molecule has 0 spiro atoms. The van der Waals surface area contributed by atoms with Gasteiger partial charge in [0.2, 0.25) is 0 Å². The monoisotopic (exact) mass is 602 g/mol.